The Kier molecular flexibility index (Phi) is 4.88. The Bertz CT molecular complexity index is 466. The van der Waals surface area contributed by atoms with Gasteiger partial charge in [0.1, 0.15) is 10.6 Å². The van der Waals surface area contributed by atoms with E-state index in [1.165, 1.54) is 12.8 Å². The smallest absolute Gasteiger partial charge is 0.407 e. The summed E-state index contributed by atoms with van der Waals surface area (Å²) in [7, 11) is 0. The number of nitrogens with zero attached hydrogens (tertiary/aromatic N) is 1. The zero-order valence-electron chi connectivity index (χ0n) is 13.2. The third kappa shape index (κ3) is 5.28. The van der Waals surface area contributed by atoms with Crippen molar-refractivity contribution in [3.05, 3.63) is 16.6 Å². The van der Waals surface area contributed by atoms with E-state index in [1.54, 1.807) is 11.3 Å². The number of alkyl carbamates (subject to hydrolysis) is 1. The maximum Gasteiger partial charge on any atom is 0.407 e. The van der Waals surface area contributed by atoms with Crippen molar-refractivity contribution in [2.24, 2.45) is 5.92 Å². The number of carbonyl (C=O) groups is 1. The lowest BCUT2D eigenvalue weighted by Crippen LogP contribution is -2.53. The van der Waals surface area contributed by atoms with Gasteiger partial charge in [0, 0.05) is 30.2 Å². The lowest BCUT2D eigenvalue weighted by molar-refractivity contribution is 0.0507. The quantitative estimate of drug-likeness (QED) is 0.848. The number of ether oxygens (including phenoxy) is 1. The number of rotatable bonds is 6. The van der Waals surface area contributed by atoms with Gasteiger partial charge < -0.3 is 15.4 Å². The van der Waals surface area contributed by atoms with Crippen LogP contribution in [0.4, 0.5) is 4.79 Å². The van der Waals surface area contributed by atoms with Crippen LogP contribution in [0, 0.1) is 5.92 Å². The van der Waals surface area contributed by atoms with Crippen LogP contribution >= 0.6 is 11.3 Å². The van der Waals surface area contributed by atoms with Gasteiger partial charge in [-0.15, -0.1) is 11.3 Å². The summed E-state index contributed by atoms with van der Waals surface area (Å²) in [4.78, 5) is 16.1. The summed E-state index contributed by atoms with van der Waals surface area (Å²) in [6.45, 7) is 9.07. The van der Waals surface area contributed by atoms with E-state index in [9.17, 15) is 4.79 Å². The summed E-state index contributed by atoms with van der Waals surface area (Å²) in [6.07, 6.45) is 3.87. The molecule has 1 heterocycles. The van der Waals surface area contributed by atoms with Crippen molar-refractivity contribution in [3.8, 4) is 0 Å². The molecule has 0 spiro atoms. The number of nitrogens with one attached hydrogen (secondary N) is 2. The molecule has 0 saturated heterocycles. The first kappa shape index (κ1) is 16.2. The maximum atomic E-state index is 11.8. The van der Waals surface area contributed by atoms with E-state index in [0.717, 1.165) is 11.6 Å². The van der Waals surface area contributed by atoms with Crippen molar-refractivity contribution >= 4 is 17.4 Å². The van der Waals surface area contributed by atoms with Gasteiger partial charge >= 0.3 is 6.09 Å². The molecule has 1 aliphatic carbocycles. The molecule has 1 unspecified atom stereocenters. The predicted octanol–water partition coefficient (Wildman–Crippen LogP) is 2.93. The molecule has 0 aliphatic heterocycles. The third-order valence-electron chi connectivity index (χ3n) is 3.60. The second kappa shape index (κ2) is 6.32. The zero-order valence-corrected chi connectivity index (χ0v) is 14.0. The minimum absolute atomic E-state index is 0.109. The van der Waals surface area contributed by atoms with Gasteiger partial charge in [0.15, 0.2) is 0 Å². The van der Waals surface area contributed by atoms with Crippen LogP contribution < -0.4 is 10.6 Å². The highest BCUT2D eigenvalue weighted by molar-refractivity contribution is 7.09. The van der Waals surface area contributed by atoms with E-state index in [-0.39, 0.29) is 11.6 Å². The number of thiazole rings is 1. The molecule has 1 aromatic rings. The molecule has 0 aromatic carbocycles. The van der Waals surface area contributed by atoms with Gasteiger partial charge in [0.25, 0.3) is 0 Å². The molecule has 0 radical (unpaired) electrons. The topological polar surface area (TPSA) is 63.2 Å². The highest BCUT2D eigenvalue weighted by Gasteiger charge is 2.41. The Balaban J connectivity index is 1.84. The Hall–Kier alpha value is -1.14. The highest BCUT2D eigenvalue weighted by Crippen LogP contribution is 2.39. The normalized spacial score (nSPS) is 18.1. The van der Waals surface area contributed by atoms with Gasteiger partial charge in [-0.1, -0.05) is 0 Å². The van der Waals surface area contributed by atoms with Gasteiger partial charge in [-0.2, -0.15) is 0 Å². The Morgan fingerprint density at radius 2 is 2.14 bits per heavy atom. The van der Waals surface area contributed by atoms with Gasteiger partial charge in [0.2, 0.25) is 0 Å². The van der Waals surface area contributed by atoms with Crippen LogP contribution in [0.2, 0.25) is 0 Å². The molecule has 2 rings (SSSR count). The first-order valence-electron chi connectivity index (χ1n) is 7.39. The highest BCUT2D eigenvalue weighted by atomic mass is 32.1. The molecule has 0 bridgehead atoms. The number of hydrogen-bond donors (Lipinski definition) is 2. The van der Waals surface area contributed by atoms with E-state index in [1.807, 2.05) is 32.3 Å². The summed E-state index contributed by atoms with van der Waals surface area (Å²) in [5.74, 6) is 0.604. The van der Waals surface area contributed by atoms with Crippen LogP contribution in [0.25, 0.3) is 0 Å². The molecular weight excluding hydrogens is 286 g/mol. The second-order valence-electron chi connectivity index (χ2n) is 6.83. The summed E-state index contributed by atoms with van der Waals surface area (Å²) >= 11 is 1.64. The lowest BCUT2D eigenvalue weighted by atomic mass is 9.95. The Morgan fingerprint density at radius 3 is 2.67 bits per heavy atom. The Labute approximate surface area is 130 Å². The van der Waals surface area contributed by atoms with Crippen LogP contribution in [0.1, 0.15) is 45.5 Å². The van der Waals surface area contributed by atoms with E-state index in [4.69, 9.17) is 4.74 Å². The average Bonchev–Trinajstić information content (AvgIpc) is 3.10. The summed E-state index contributed by atoms with van der Waals surface area (Å²) in [5, 5.41) is 9.49. The van der Waals surface area contributed by atoms with Crippen molar-refractivity contribution in [1.82, 2.24) is 15.6 Å². The summed E-state index contributed by atoms with van der Waals surface area (Å²) in [5.41, 5.74) is -0.572. The van der Waals surface area contributed by atoms with Crippen LogP contribution in [-0.4, -0.2) is 28.8 Å². The largest absolute Gasteiger partial charge is 0.444 e. The first-order valence-corrected chi connectivity index (χ1v) is 8.27. The van der Waals surface area contributed by atoms with Gasteiger partial charge in [-0.05, 0) is 46.5 Å². The number of hydrogen-bond acceptors (Lipinski definition) is 5. The average molecular weight is 311 g/mol. The van der Waals surface area contributed by atoms with Crippen LogP contribution in [-0.2, 0) is 11.3 Å². The van der Waals surface area contributed by atoms with Crippen LogP contribution in [0.15, 0.2) is 11.6 Å². The SMILES string of the molecule is CC(C)(C)OC(=O)NCC(C)(NCc1nccs1)C1CC1. The molecule has 1 aliphatic rings. The second-order valence-corrected chi connectivity index (χ2v) is 7.81. The number of carbonyl (C=O) groups excluding carboxylic acids is 1. The predicted molar refractivity (Wildman–Crippen MR) is 84.3 cm³/mol. The molecule has 1 amide bonds. The minimum Gasteiger partial charge on any atom is -0.444 e. The molecule has 1 atom stereocenters. The van der Waals surface area contributed by atoms with Gasteiger partial charge in [0.05, 0.1) is 0 Å². The van der Waals surface area contributed by atoms with Crippen LogP contribution in [0.3, 0.4) is 0 Å². The van der Waals surface area contributed by atoms with Crippen molar-refractivity contribution in [1.29, 1.82) is 0 Å². The van der Waals surface area contributed by atoms with E-state index in [2.05, 4.69) is 22.5 Å². The number of amides is 1. The van der Waals surface area contributed by atoms with Crippen molar-refractivity contribution in [2.45, 2.75) is 58.2 Å². The molecule has 6 heteroatoms. The molecule has 21 heavy (non-hydrogen) atoms. The summed E-state index contributed by atoms with van der Waals surface area (Å²) in [6, 6.07) is 0. The fourth-order valence-corrected chi connectivity index (χ4v) is 2.82. The fraction of sp³-hybridized carbons (Fsp3) is 0.733. The van der Waals surface area contributed by atoms with Crippen LogP contribution in [0.5, 0.6) is 0 Å². The van der Waals surface area contributed by atoms with E-state index >= 15 is 0 Å². The van der Waals surface area contributed by atoms with Crippen molar-refractivity contribution in [3.63, 3.8) is 0 Å². The van der Waals surface area contributed by atoms with Crippen molar-refractivity contribution in [2.75, 3.05) is 6.54 Å². The maximum absolute atomic E-state index is 11.8. The fourth-order valence-electron chi connectivity index (χ4n) is 2.26. The standard InChI is InChI=1S/C15H25N3O2S/c1-14(2,3)20-13(19)17-10-15(4,11-5-6-11)18-9-12-16-7-8-21-12/h7-8,11,18H,5-6,9-10H2,1-4H3,(H,17,19). The number of aromatic nitrogens is 1. The monoisotopic (exact) mass is 311 g/mol. The molecule has 1 aromatic heterocycles. The molecule has 5 nitrogen and oxygen atoms in total. The van der Waals surface area contributed by atoms with E-state index in [0.29, 0.717) is 12.5 Å². The molecular formula is C15H25N3O2S. The first-order chi connectivity index (χ1) is 9.78. The zero-order chi connectivity index (χ0) is 15.5. The Morgan fingerprint density at radius 1 is 1.43 bits per heavy atom. The van der Waals surface area contributed by atoms with Crippen molar-refractivity contribution < 1.29 is 9.53 Å². The molecule has 2 N–H and O–H groups in total. The molecule has 118 valence electrons. The van der Waals surface area contributed by atoms with Gasteiger partial charge in [-0.3, -0.25) is 0 Å². The lowest BCUT2D eigenvalue weighted by Gasteiger charge is -2.31. The molecule has 1 fully saturated rings. The molecule has 1 saturated carbocycles. The third-order valence-corrected chi connectivity index (χ3v) is 4.38. The van der Waals surface area contributed by atoms with Gasteiger partial charge in [-0.25, -0.2) is 9.78 Å². The minimum atomic E-state index is -0.464. The summed E-state index contributed by atoms with van der Waals surface area (Å²) < 4.78 is 5.30. The van der Waals surface area contributed by atoms with E-state index < -0.39 is 5.60 Å².